The van der Waals surface area contributed by atoms with E-state index < -0.39 is 17.9 Å². The third-order valence-corrected chi connectivity index (χ3v) is 3.99. The van der Waals surface area contributed by atoms with Crippen LogP contribution in [0.2, 0.25) is 0 Å². The van der Waals surface area contributed by atoms with Gasteiger partial charge in [0.2, 0.25) is 0 Å². The first-order valence-corrected chi connectivity index (χ1v) is 7.91. The zero-order chi connectivity index (χ0) is 18.4. The van der Waals surface area contributed by atoms with Crippen LogP contribution in [-0.2, 0) is 19.1 Å². The summed E-state index contributed by atoms with van der Waals surface area (Å²) < 4.78 is 10.1. The molecule has 1 heterocycles. The molecule has 1 aliphatic rings. The van der Waals surface area contributed by atoms with Crippen molar-refractivity contribution in [1.29, 1.82) is 5.26 Å². The number of hydrogen-bond donors (Lipinski definition) is 1. The minimum atomic E-state index is -0.540. The maximum absolute atomic E-state index is 12.4. The highest BCUT2D eigenvalue weighted by molar-refractivity contribution is 6.03. The molecule has 0 bridgehead atoms. The van der Waals surface area contributed by atoms with E-state index >= 15 is 0 Å². The molecule has 0 saturated carbocycles. The molecular weight excluding hydrogens is 320 g/mol. The SMILES string of the molecule is COC(=O)C1=C(c2ccccc2)NC(C)=C(C(=O)OCCC#N)C1C. The lowest BCUT2D eigenvalue weighted by Gasteiger charge is -2.29. The average molecular weight is 340 g/mol. The molecule has 0 aliphatic carbocycles. The van der Waals surface area contributed by atoms with Gasteiger partial charge >= 0.3 is 11.9 Å². The highest BCUT2D eigenvalue weighted by Crippen LogP contribution is 2.34. The van der Waals surface area contributed by atoms with Gasteiger partial charge in [0.1, 0.15) is 6.61 Å². The fourth-order valence-electron chi connectivity index (χ4n) is 2.83. The van der Waals surface area contributed by atoms with Crippen LogP contribution in [0.25, 0.3) is 5.70 Å². The second kappa shape index (κ2) is 8.15. The van der Waals surface area contributed by atoms with Crippen molar-refractivity contribution in [2.75, 3.05) is 13.7 Å². The topological polar surface area (TPSA) is 88.4 Å². The number of nitrogens with zero attached hydrogens (tertiary/aromatic N) is 1. The molecule has 1 atom stereocenters. The van der Waals surface area contributed by atoms with Crippen LogP contribution in [0.4, 0.5) is 0 Å². The molecule has 0 aromatic heterocycles. The number of methoxy groups -OCH3 is 1. The fraction of sp³-hybridized carbons (Fsp3) is 0.316. The fourth-order valence-corrected chi connectivity index (χ4v) is 2.83. The molecule has 1 aromatic carbocycles. The van der Waals surface area contributed by atoms with Gasteiger partial charge in [-0.25, -0.2) is 9.59 Å². The Morgan fingerprint density at radius 1 is 1.20 bits per heavy atom. The first-order valence-electron chi connectivity index (χ1n) is 7.91. The predicted octanol–water partition coefficient (Wildman–Crippen LogP) is 2.54. The van der Waals surface area contributed by atoms with Gasteiger partial charge in [0.25, 0.3) is 0 Å². The zero-order valence-electron chi connectivity index (χ0n) is 14.5. The first-order chi connectivity index (χ1) is 12.0. The van der Waals surface area contributed by atoms with Crippen molar-refractivity contribution < 1.29 is 19.1 Å². The number of carbonyl (C=O) groups excluding carboxylic acids is 2. The number of carbonyl (C=O) groups is 2. The minimum Gasteiger partial charge on any atom is -0.466 e. The lowest BCUT2D eigenvalue weighted by Crippen LogP contribution is -2.32. The maximum atomic E-state index is 12.4. The molecule has 2 rings (SSSR count). The summed E-state index contributed by atoms with van der Waals surface area (Å²) in [7, 11) is 1.31. The second-order valence-electron chi connectivity index (χ2n) is 5.58. The molecular formula is C19H20N2O4. The van der Waals surface area contributed by atoms with E-state index in [9.17, 15) is 9.59 Å². The number of benzene rings is 1. The molecule has 0 saturated heterocycles. The molecule has 1 aromatic rings. The number of nitrogens with one attached hydrogen (secondary N) is 1. The Labute approximate surface area is 146 Å². The summed E-state index contributed by atoms with van der Waals surface area (Å²) in [6.45, 7) is 3.54. The molecule has 25 heavy (non-hydrogen) atoms. The van der Waals surface area contributed by atoms with Crippen LogP contribution in [0.15, 0.2) is 47.2 Å². The molecule has 1 N–H and O–H groups in total. The number of nitriles is 1. The van der Waals surface area contributed by atoms with E-state index in [1.807, 2.05) is 36.4 Å². The van der Waals surface area contributed by atoms with Crippen molar-refractivity contribution in [2.45, 2.75) is 20.3 Å². The van der Waals surface area contributed by atoms with Crippen LogP contribution in [0.3, 0.4) is 0 Å². The molecule has 1 unspecified atom stereocenters. The van der Waals surface area contributed by atoms with E-state index in [1.165, 1.54) is 7.11 Å². The molecule has 6 nitrogen and oxygen atoms in total. The Bertz CT molecular complexity index is 772. The smallest absolute Gasteiger partial charge is 0.336 e. The highest BCUT2D eigenvalue weighted by atomic mass is 16.5. The normalized spacial score (nSPS) is 16.8. The summed E-state index contributed by atoms with van der Waals surface area (Å²) in [5.74, 6) is -1.55. The van der Waals surface area contributed by atoms with Crippen LogP contribution in [-0.4, -0.2) is 25.7 Å². The van der Waals surface area contributed by atoms with Gasteiger partial charge in [-0.3, -0.25) is 0 Å². The van der Waals surface area contributed by atoms with Crippen LogP contribution in [0.5, 0.6) is 0 Å². The number of ether oxygens (including phenoxy) is 2. The van der Waals surface area contributed by atoms with Crippen LogP contribution in [0.1, 0.15) is 25.8 Å². The molecule has 0 fully saturated rings. The zero-order valence-corrected chi connectivity index (χ0v) is 14.5. The third-order valence-electron chi connectivity index (χ3n) is 3.99. The summed E-state index contributed by atoms with van der Waals surface area (Å²) in [6, 6.07) is 11.3. The van der Waals surface area contributed by atoms with E-state index in [0.717, 1.165) is 5.56 Å². The average Bonchev–Trinajstić information content (AvgIpc) is 2.61. The van der Waals surface area contributed by atoms with E-state index in [4.69, 9.17) is 14.7 Å². The van der Waals surface area contributed by atoms with Gasteiger partial charge in [-0.15, -0.1) is 0 Å². The second-order valence-corrected chi connectivity index (χ2v) is 5.58. The maximum Gasteiger partial charge on any atom is 0.336 e. The molecule has 0 amide bonds. The largest absolute Gasteiger partial charge is 0.466 e. The van der Waals surface area contributed by atoms with E-state index in [1.54, 1.807) is 13.8 Å². The number of rotatable bonds is 5. The quantitative estimate of drug-likeness (QED) is 0.654. The van der Waals surface area contributed by atoms with Crippen molar-refractivity contribution in [2.24, 2.45) is 5.92 Å². The Balaban J connectivity index is 2.42. The Morgan fingerprint density at radius 2 is 1.88 bits per heavy atom. The number of allylic oxidation sites excluding steroid dienone is 1. The number of hydrogen-bond acceptors (Lipinski definition) is 6. The van der Waals surface area contributed by atoms with Gasteiger partial charge in [0.05, 0.1) is 36.4 Å². The standard InChI is InChI=1S/C19H20N2O4/c1-12-15(19(23)25-11-7-10-20)13(2)21-17(16(12)18(22)24-3)14-8-5-4-6-9-14/h4-6,8-9,12,21H,7,11H2,1-3H3. The first kappa shape index (κ1) is 18.3. The van der Waals surface area contributed by atoms with Crippen molar-refractivity contribution in [3.63, 3.8) is 0 Å². The van der Waals surface area contributed by atoms with Gasteiger partial charge in [-0.05, 0) is 12.5 Å². The van der Waals surface area contributed by atoms with Gasteiger partial charge < -0.3 is 14.8 Å². The van der Waals surface area contributed by atoms with Crippen molar-refractivity contribution in [1.82, 2.24) is 5.32 Å². The summed E-state index contributed by atoms with van der Waals surface area (Å²) >= 11 is 0. The Kier molecular flexibility index (Phi) is 5.96. The van der Waals surface area contributed by atoms with Gasteiger partial charge in [-0.2, -0.15) is 5.26 Å². The lowest BCUT2D eigenvalue weighted by atomic mass is 9.85. The monoisotopic (exact) mass is 340 g/mol. The summed E-state index contributed by atoms with van der Waals surface area (Å²) in [5, 5.41) is 11.7. The Hall–Kier alpha value is -3.07. The van der Waals surface area contributed by atoms with E-state index in [-0.39, 0.29) is 13.0 Å². The van der Waals surface area contributed by atoms with Gasteiger partial charge in [-0.1, -0.05) is 37.3 Å². The number of dihydropyridines is 1. The molecule has 0 radical (unpaired) electrons. The van der Waals surface area contributed by atoms with E-state index in [0.29, 0.717) is 22.5 Å². The van der Waals surface area contributed by atoms with Crippen LogP contribution < -0.4 is 5.32 Å². The predicted molar refractivity (Wildman–Crippen MR) is 91.6 cm³/mol. The van der Waals surface area contributed by atoms with Crippen molar-refractivity contribution in [3.05, 3.63) is 52.7 Å². The molecule has 130 valence electrons. The number of esters is 2. The van der Waals surface area contributed by atoms with Crippen molar-refractivity contribution in [3.8, 4) is 6.07 Å². The van der Waals surface area contributed by atoms with Gasteiger partial charge in [0, 0.05) is 11.6 Å². The summed E-state index contributed by atoms with van der Waals surface area (Å²) in [6.07, 6.45) is 0.120. The highest BCUT2D eigenvalue weighted by Gasteiger charge is 2.35. The Morgan fingerprint density at radius 3 is 2.48 bits per heavy atom. The summed E-state index contributed by atoms with van der Waals surface area (Å²) in [4.78, 5) is 24.7. The van der Waals surface area contributed by atoms with E-state index in [2.05, 4.69) is 5.32 Å². The molecule has 0 spiro atoms. The minimum absolute atomic E-state index is 0.0155. The summed E-state index contributed by atoms with van der Waals surface area (Å²) in [5.41, 5.74) is 2.78. The van der Waals surface area contributed by atoms with Crippen LogP contribution in [0, 0.1) is 17.2 Å². The molecule has 6 heteroatoms. The van der Waals surface area contributed by atoms with Crippen molar-refractivity contribution >= 4 is 17.6 Å². The van der Waals surface area contributed by atoms with Gasteiger partial charge in [0.15, 0.2) is 0 Å². The third kappa shape index (κ3) is 3.89. The molecule has 1 aliphatic heterocycles. The van der Waals surface area contributed by atoms with Crippen LogP contribution >= 0.6 is 0 Å². The lowest BCUT2D eigenvalue weighted by molar-refractivity contribution is -0.139.